The Labute approximate surface area is 171 Å². The Kier molecular flexibility index (Phi) is 5.83. The molecule has 4 rings (SSSR count). The van der Waals surface area contributed by atoms with Crippen LogP contribution < -0.4 is 4.80 Å². The van der Waals surface area contributed by atoms with Gasteiger partial charge in [-0.3, -0.25) is 4.79 Å². The van der Waals surface area contributed by atoms with E-state index in [1.165, 1.54) is 17.4 Å². The molecule has 1 amide bonds. The summed E-state index contributed by atoms with van der Waals surface area (Å²) in [4.78, 5) is 17.6. The van der Waals surface area contributed by atoms with Crippen LogP contribution in [0, 0.1) is 5.82 Å². The zero-order valence-corrected chi connectivity index (χ0v) is 16.9. The fourth-order valence-corrected chi connectivity index (χ4v) is 4.52. The summed E-state index contributed by atoms with van der Waals surface area (Å²) in [5.41, 5.74) is 1.40. The van der Waals surface area contributed by atoms with E-state index in [1.54, 1.807) is 10.6 Å². The predicted octanol–water partition coefficient (Wildman–Crippen LogP) is 4.70. The van der Waals surface area contributed by atoms with Crippen LogP contribution in [0.15, 0.2) is 65.7 Å². The molecule has 0 unspecified atom stereocenters. The quantitative estimate of drug-likeness (QED) is 0.434. The molecule has 0 aliphatic rings. The van der Waals surface area contributed by atoms with E-state index in [4.69, 9.17) is 4.74 Å². The summed E-state index contributed by atoms with van der Waals surface area (Å²) < 4.78 is 22.4. The lowest BCUT2D eigenvalue weighted by molar-refractivity contribution is -0.117. The Morgan fingerprint density at radius 2 is 1.90 bits per heavy atom. The highest BCUT2D eigenvalue weighted by Gasteiger charge is 2.12. The minimum atomic E-state index is -0.321. The third-order valence-corrected chi connectivity index (χ3v) is 5.80. The van der Waals surface area contributed by atoms with Gasteiger partial charge in [0.25, 0.3) is 5.91 Å². The van der Waals surface area contributed by atoms with Crippen molar-refractivity contribution in [2.75, 3.05) is 13.2 Å². The lowest BCUT2D eigenvalue weighted by Crippen LogP contribution is -2.20. The number of fused-ring (bicyclic) bond motifs is 2. The number of ether oxygens (including phenoxy) is 1. The molecule has 0 aliphatic heterocycles. The SMILES string of the molecule is CCOCCn1c(=NC(=O)Cc2cccc3ccccc23)sc2cccc(F)c21. The third kappa shape index (κ3) is 4.13. The molecule has 0 saturated heterocycles. The molecule has 0 atom stereocenters. The fraction of sp³-hybridized carbons (Fsp3) is 0.217. The average Bonchev–Trinajstić information content (AvgIpc) is 3.07. The van der Waals surface area contributed by atoms with Gasteiger partial charge in [0, 0.05) is 13.2 Å². The number of nitrogens with zero attached hydrogens (tertiary/aromatic N) is 2. The van der Waals surface area contributed by atoms with E-state index in [9.17, 15) is 9.18 Å². The van der Waals surface area contributed by atoms with Gasteiger partial charge in [0.15, 0.2) is 4.80 Å². The molecule has 148 valence electrons. The molecule has 29 heavy (non-hydrogen) atoms. The summed E-state index contributed by atoms with van der Waals surface area (Å²) in [6.45, 7) is 3.37. The largest absolute Gasteiger partial charge is 0.380 e. The summed E-state index contributed by atoms with van der Waals surface area (Å²) in [6, 6.07) is 18.8. The van der Waals surface area contributed by atoms with Crippen molar-refractivity contribution in [2.24, 2.45) is 4.99 Å². The summed E-state index contributed by atoms with van der Waals surface area (Å²) in [6.07, 6.45) is 0.198. The molecule has 0 spiro atoms. The number of hydrogen-bond acceptors (Lipinski definition) is 3. The van der Waals surface area contributed by atoms with Crippen LogP contribution >= 0.6 is 11.3 Å². The Bertz CT molecular complexity index is 1240. The van der Waals surface area contributed by atoms with E-state index in [-0.39, 0.29) is 18.1 Å². The van der Waals surface area contributed by atoms with Gasteiger partial charge in [-0.1, -0.05) is 59.9 Å². The van der Waals surface area contributed by atoms with E-state index >= 15 is 0 Å². The average molecular weight is 408 g/mol. The first-order valence-corrected chi connectivity index (χ1v) is 10.4. The summed E-state index contributed by atoms with van der Waals surface area (Å²) in [5.74, 6) is -0.573. The van der Waals surface area contributed by atoms with Crippen LogP contribution in [0.4, 0.5) is 4.39 Å². The Hall–Kier alpha value is -2.83. The van der Waals surface area contributed by atoms with E-state index < -0.39 is 0 Å². The lowest BCUT2D eigenvalue weighted by atomic mass is 10.0. The van der Waals surface area contributed by atoms with Crippen LogP contribution in [-0.4, -0.2) is 23.7 Å². The van der Waals surface area contributed by atoms with Gasteiger partial charge >= 0.3 is 0 Å². The second kappa shape index (κ2) is 8.68. The maximum absolute atomic E-state index is 14.4. The first kappa shape index (κ1) is 19.5. The highest BCUT2D eigenvalue weighted by atomic mass is 32.1. The molecule has 1 heterocycles. The van der Waals surface area contributed by atoms with Crippen LogP contribution in [-0.2, 0) is 22.5 Å². The van der Waals surface area contributed by atoms with Gasteiger partial charge in [-0.05, 0) is 35.4 Å². The number of para-hydroxylation sites is 1. The summed E-state index contributed by atoms with van der Waals surface area (Å²) >= 11 is 1.32. The number of hydrogen-bond donors (Lipinski definition) is 0. The monoisotopic (exact) mass is 408 g/mol. The first-order chi connectivity index (χ1) is 14.2. The van der Waals surface area contributed by atoms with E-state index in [0.29, 0.717) is 30.1 Å². The topological polar surface area (TPSA) is 43.6 Å². The number of carbonyl (C=O) groups excluding carboxylic acids is 1. The van der Waals surface area contributed by atoms with Crippen LogP contribution in [0.2, 0.25) is 0 Å². The fourth-order valence-electron chi connectivity index (χ4n) is 3.44. The molecule has 3 aromatic carbocycles. The van der Waals surface area contributed by atoms with Crippen molar-refractivity contribution in [3.05, 3.63) is 76.8 Å². The smallest absolute Gasteiger partial charge is 0.252 e. The van der Waals surface area contributed by atoms with Gasteiger partial charge in [0.1, 0.15) is 5.82 Å². The number of carbonyl (C=O) groups is 1. The van der Waals surface area contributed by atoms with E-state index in [0.717, 1.165) is 21.0 Å². The zero-order valence-electron chi connectivity index (χ0n) is 16.1. The molecule has 4 aromatic rings. The number of aromatic nitrogens is 1. The van der Waals surface area contributed by atoms with Crippen molar-refractivity contribution in [3.8, 4) is 0 Å². The van der Waals surface area contributed by atoms with Gasteiger partial charge in [0.05, 0.1) is 23.2 Å². The third-order valence-electron chi connectivity index (χ3n) is 4.76. The molecule has 4 nitrogen and oxygen atoms in total. The lowest BCUT2D eigenvalue weighted by Gasteiger charge is -2.06. The van der Waals surface area contributed by atoms with Crippen molar-refractivity contribution in [1.29, 1.82) is 0 Å². The van der Waals surface area contributed by atoms with Crippen LogP contribution in [0.1, 0.15) is 12.5 Å². The molecule has 1 aromatic heterocycles. The van der Waals surface area contributed by atoms with Gasteiger partial charge < -0.3 is 9.30 Å². The van der Waals surface area contributed by atoms with Crippen molar-refractivity contribution < 1.29 is 13.9 Å². The Morgan fingerprint density at radius 1 is 1.10 bits per heavy atom. The molecule has 0 saturated carbocycles. The van der Waals surface area contributed by atoms with Gasteiger partial charge in [-0.25, -0.2) is 4.39 Å². The van der Waals surface area contributed by atoms with Crippen molar-refractivity contribution in [3.63, 3.8) is 0 Å². The van der Waals surface area contributed by atoms with Gasteiger partial charge in [-0.2, -0.15) is 4.99 Å². The number of benzene rings is 3. The van der Waals surface area contributed by atoms with Crippen molar-refractivity contribution in [1.82, 2.24) is 4.57 Å². The van der Waals surface area contributed by atoms with Gasteiger partial charge in [0.2, 0.25) is 0 Å². The van der Waals surface area contributed by atoms with Crippen molar-refractivity contribution in [2.45, 2.75) is 19.9 Å². The molecule has 0 bridgehead atoms. The number of rotatable bonds is 6. The molecule has 0 aliphatic carbocycles. The van der Waals surface area contributed by atoms with E-state index in [1.807, 2.05) is 55.5 Å². The number of thiazole rings is 1. The minimum Gasteiger partial charge on any atom is -0.380 e. The maximum Gasteiger partial charge on any atom is 0.252 e. The van der Waals surface area contributed by atoms with Crippen LogP contribution in [0.3, 0.4) is 0 Å². The first-order valence-electron chi connectivity index (χ1n) is 9.57. The zero-order chi connectivity index (χ0) is 20.2. The predicted molar refractivity (Wildman–Crippen MR) is 114 cm³/mol. The highest BCUT2D eigenvalue weighted by Crippen LogP contribution is 2.21. The number of amides is 1. The number of halogens is 1. The molecule has 0 N–H and O–H groups in total. The summed E-state index contributed by atoms with van der Waals surface area (Å²) in [7, 11) is 0. The normalized spacial score (nSPS) is 12.1. The van der Waals surface area contributed by atoms with Crippen molar-refractivity contribution >= 4 is 38.2 Å². The molecule has 0 fully saturated rings. The van der Waals surface area contributed by atoms with Crippen LogP contribution in [0.5, 0.6) is 0 Å². The molecule has 0 radical (unpaired) electrons. The second-order valence-electron chi connectivity index (χ2n) is 6.64. The standard InChI is InChI=1S/C23H21FN2O2S/c1-2-28-14-13-26-22-19(24)11-6-12-20(22)29-23(26)25-21(27)15-17-9-5-8-16-7-3-4-10-18(16)17/h3-12H,2,13-15H2,1H3. The highest BCUT2D eigenvalue weighted by molar-refractivity contribution is 7.16. The van der Waals surface area contributed by atoms with E-state index in [2.05, 4.69) is 4.99 Å². The van der Waals surface area contributed by atoms with Crippen LogP contribution in [0.25, 0.3) is 21.0 Å². The minimum absolute atomic E-state index is 0.198. The second-order valence-corrected chi connectivity index (χ2v) is 7.65. The Morgan fingerprint density at radius 3 is 2.76 bits per heavy atom. The van der Waals surface area contributed by atoms with Gasteiger partial charge in [-0.15, -0.1) is 0 Å². The molecule has 6 heteroatoms. The summed E-state index contributed by atoms with van der Waals surface area (Å²) in [5, 5.41) is 2.14. The Balaban J connectivity index is 1.72. The maximum atomic E-state index is 14.4. The molecular formula is C23H21FN2O2S. The molecular weight excluding hydrogens is 387 g/mol.